The molecule has 2 rings (SSSR count). The standard InChI is InChI=1S/C8H6BrN3O2/c9-6-4-2-1-3-5(7(13)14)12(4)8(10)11-6/h1-3H,(H2,10,11)(H,13,14). The highest BCUT2D eigenvalue weighted by atomic mass is 79.9. The Morgan fingerprint density at radius 1 is 1.57 bits per heavy atom. The van der Waals surface area contributed by atoms with Gasteiger partial charge in [-0.05, 0) is 28.1 Å². The molecule has 3 N–H and O–H groups in total. The van der Waals surface area contributed by atoms with Crippen LogP contribution in [0.25, 0.3) is 5.52 Å². The zero-order chi connectivity index (χ0) is 10.3. The van der Waals surface area contributed by atoms with Crippen molar-refractivity contribution in [1.29, 1.82) is 0 Å². The van der Waals surface area contributed by atoms with E-state index in [-0.39, 0.29) is 11.6 Å². The van der Waals surface area contributed by atoms with E-state index >= 15 is 0 Å². The van der Waals surface area contributed by atoms with Gasteiger partial charge >= 0.3 is 5.97 Å². The summed E-state index contributed by atoms with van der Waals surface area (Å²) in [5.41, 5.74) is 6.31. The summed E-state index contributed by atoms with van der Waals surface area (Å²) >= 11 is 3.20. The molecule has 14 heavy (non-hydrogen) atoms. The van der Waals surface area contributed by atoms with E-state index in [4.69, 9.17) is 10.8 Å². The van der Waals surface area contributed by atoms with Crippen LogP contribution in [0.4, 0.5) is 5.95 Å². The van der Waals surface area contributed by atoms with Crippen molar-refractivity contribution in [3.05, 3.63) is 28.5 Å². The third-order valence-electron chi connectivity index (χ3n) is 1.86. The van der Waals surface area contributed by atoms with Gasteiger partial charge in [-0.1, -0.05) is 6.07 Å². The lowest BCUT2D eigenvalue weighted by Gasteiger charge is -2.00. The van der Waals surface area contributed by atoms with E-state index in [0.29, 0.717) is 10.1 Å². The maximum atomic E-state index is 10.9. The molecule has 0 spiro atoms. The molecule has 2 aromatic rings. The van der Waals surface area contributed by atoms with Gasteiger partial charge in [0.1, 0.15) is 10.3 Å². The molecule has 2 aromatic heterocycles. The van der Waals surface area contributed by atoms with Crippen molar-refractivity contribution in [3.63, 3.8) is 0 Å². The van der Waals surface area contributed by atoms with Crippen molar-refractivity contribution >= 4 is 33.4 Å². The van der Waals surface area contributed by atoms with Gasteiger partial charge in [-0.3, -0.25) is 4.40 Å². The second-order valence-electron chi connectivity index (χ2n) is 2.70. The fraction of sp³-hybridized carbons (Fsp3) is 0. The maximum Gasteiger partial charge on any atom is 0.352 e. The van der Waals surface area contributed by atoms with E-state index in [1.807, 2.05) is 0 Å². The Labute approximate surface area is 87.3 Å². The Bertz CT molecular complexity index is 521. The number of nitrogens with two attached hydrogens (primary N) is 1. The molecule has 72 valence electrons. The number of nitrogens with zero attached hydrogens (tertiary/aromatic N) is 2. The summed E-state index contributed by atoms with van der Waals surface area (Å²) in [7, 11) is 0. The predicted octanol–water partition coefficient (Wildman–Crippen LogP) is 1.38. The van der Waals surface area contributed by atoms with Gasteiger partial charge in [-0.15, -0.1) is 0 Å². The van der Waals surface area contributed by atoms with Gasteiger partial charge in [0.05, 0.1) is 5.52 Å². The highest BCUT2D eigenvalue weighted by molar-refractivity contribution is 9.10. The number of fused-ring (bicyclic) bond motifs is 1. The van der Waals surface area contributed by atoms with Crippen LogP contribution in [0.5, 0.6) is 0 Å². The van der Waals surface area contributed by atoms with Crippen molar-refractivity contribution in [3.8, 4) is 0 Å². The minimum atomic E-state index is -1.03. The number of hydrogen-bond acceptors (Lipinski definition) is 3. The van der Waals surface area contributed by atoms with E-state index in [1.54, 1.807) is 12.1 Å². The third-order valence-corrected chi connectivity index (χ3v) is 2.45. The van der Waals surface area contributed by atoms with Gasteiger partial charge in [0.15, 0.2) is 0 Å². The second-order valence-corrected chi connectivity index (χ2v) is 3.45. The molecule has 0 aliphatic heterocycles. The Morgan fingerprint density at radius 3 is 2.93 bits per heavy atom. The number of pyridine rings is 1. The van der Waals surface area contributed by atoms with Gasteiger partial charge in [-0.2, -0.15) is 0 Å². The first-order valence-electron chi connectivity index (χ1n) is 3.77. The monoisotopic (exact) mass is 255 g/mol. The summed E-state index contributed by atoms with van der Waals surface area (Å²) < 4.78 is 1.92. The first kappa shape index (κ1) is 9.01. The summed E-state index contributed by atoms with van der Waals surface area (Å²) in [5.74, 6) is -0.878. The average Bonchev–Trinajstić information content (AvgIpc) is 2.43. The molecular weight excluding hydrogens is 250 g/mol. The van der Waals surface area contributed by atoms with E-state index in [1.165, 1.54) is 10.5 Å². The van der Waals surface area contributed by atoms with Crippen molar-refractivity contribution in [2.75, 3.05) is 5.73 Å². The van der Waals surface area contributed by atoms with Gasteiger partial charge < -0.3 is 10.8 Å². The number of carboxylic acids is 1. The molecule has 0 saturated carbocycles. The lowest BCUT2D eigenvalue weighted by molar-refractivity contribution is 0.0689. The lowest BCUT2D eigenvalue weighted by atomic mass is 10.3. The van der Waals surface area contributed by atoms with Crippen molar-refractivity contribution in [1.82, 2.24) is 9.38 Å². The highest BCUT2D eigenvalue weighted by Gasteiger charge is 2.13. The molecule has 0 bridgehead atoms. The molecule has 5 nitrogen and oxygen atoms in total. The smallest absolute Gasteiger partial charge is 0.352 e. The number of anilines is 1. The second kappa shape index (κ2) is 2.98. The highest BCUT2D eigenvalue weighted by Crippen LogP contribution is 2.21. The number of halogens is 1. The van der Waals surface area contributed by atoms with Crippen LogP contribution in [0.3, 0.4) is 0 Å². The molecule has 0 fully saturated rings. The first-order valence-corrected chi connectivity index (χ1v) is 4.56. The molecule has 0 saturated heterocycles. The van der Waals surface area contributed by atoms with Crippen LogP contribution in [-0.2, 0) is 0 Å². The summed E-state index contributed by atoms with van der Waals surface area (Å²) in [5, 5.41) is 8.90. The Morgan fingerprint density at radius 2 is 2.29 bits per heavy atom. The van der Waals surface area contributed by atoms with E-state index in [2.05, 4.69) is 20.9 Å². The summed E-state index contributed by atoms with van der Waals surface area (Å²) in [6, 6.07) is 4.85. The van der Waals surface area contributed by atoms with Crippen LogP contribution in [0, 0.1) is 0 Å². The van der Waals surface area contributed by atoms with Gasteiger partial charge in [0.2, 0.25) is 5.95 Å². The van der Waals surface area contributed by atoms with Crippen LogP contribution >= 0.6 is 15.9 Å². The minimum absolute atomic E-state index is 0.0956. The number of aromatic carboxylic acids is 1. The Balaban J connectivity index is 2.92. The minimum Gasteiger partial charge on any atom is -0.477 e. The topological polar surface area (TPSA) is 80.6 Å². The van der Waals surface area contributed by atoms with Crippen molar-refractivity contribution in [2.24, 2.45) is 0 Å². The number of rotatable bonds is 1. The quantitative estimate of drug-likeness (QED) is 0.807. The zero-order valence-corrected chi connectivity index (χ0v) is 8.52. The summed E-state index contributed by atoms with van der Waals surface area (Å²) in [6.45, 7) is 0. The molecule has 0 aromatic carbocycles. The Kier molecular flexibility index (Phi) is 1.92. The van der Waals surface area contributed by atoms with E-state index in [9.17, 15) is 4.79 Å². The number of carboxylic acid groups (broad SMARTS) is 1. The molecule has 6 heteroatoms. The molecule has 0 aliphatic carbocycles. The number of nitrogen functional groups attached to an aromatic ring is 1. The van der Waals surface area contributed by atoms with Crippen LogP contribution in [-0.4, -0.2) is 20.5 Å². The van der Waals surface area contributed by atoms with Crippen LogP contribution in [0.2, 0.25) is 0 Å². The molecule has 0 atom stereocenters. The van der Waals surface area contributed by atoms with Gasteiger partial charge in [0.25, 0.3) is 0 Å². The van der Waals surface area contributed by atoms with E-state index in [0.717, 1.165) is 0 Å². The van der Waals surface area contributed by atoms with Gasteiger partial charge in [-0.25, -0.2) is 9.78 Å². The molecule has 2 heterocycles. The summed E-state index contributed by atoms with van der Waals surface area (Å²) in [6.07, 6.45) is 0. The number of hydrogen-bond donors (Lipinski definition) is 2. The van der Waals surface area contributed by atoms with Crippen LogP contribution in [0.15, 0.2) is 22.8 Å². The molecule has 0 unspecified atom stereocenters. The Hall–Kier alpha value is -1.56. The largest absolute Gasteiger partial charge is 0.477 e. The van der Waals surface area contributed by atoms with E-state index < -0.39 is 5.97 Å². The van der Waals surface area contributed by atoms with Crippen molar-refractivity contribution < 1.29 is 9.90 Å². The maximum absolute atomic E-state index is 10.9. The third kappa shape index (κ3) is 1.15. The number of carbonyl (C=O) groups is 1. The molecule has 0 amide bonds. The first-order chi connectivity index (χ1) is 6.61. The normalized spacial score (nSPS) is 10.6. The predicted molar refractivity (Wildman–Crippen MR) is 54.3 cm³/mol. The molecular formula is C8H6BrN3O2. The van der Waals surface area contributed by atoms with Crippen LogP contribution in [0.1, 0.15) is 10.5 Å². The lowest BCUT2D eigenvalue weighted by Crippen LogP contribution is -2.06. The molecule has 0 aliphatic rings. The fourth-order valence-electron chi connectivity index (χ4n) is 1.29. The number of aromatic nitrogens is 2. The molecule has 0 radical (unpaired) electrons. The van der Waals surface area contributed by atoms with Crippen LogP contribution < -0.4 is 5.73 Å². The zero-order valence-electron chi connectivity index (χ0n) is 6.94. The SMILES string of the molecule is Nc1nc(Br)c2cccc(C(=O)O)n12. The number of imidazole rings is 1. The average molecular weight is 256 g/mol. The summed E-state index contributed by atoms with van der Waals surface area (Å²) in [4.78, 5) is 14.8. The fourth-order valence-corrected chi connectivity index (χ4v) is 1.78. The van der Waals surface area contributed by atoms with Crippen molar-refractivity contribution in [2.45, 2.75) is 0 Å². The van der Waals surface area contributed by atoms with Gasteiger partial charge in [0, 0.05) is 0 Å².